The van der Waals surface area contributed by atoms with Gasteiger partial charge in [-0.3, -0.25) is 13.9 Å². The van der Waals surface area contributed by atoms with Crippen molar-refractivity contribution in [2.45, 2.75) is 45.3 Å². The van der Waals surface area contributed by atoms with E-state index >= 15 is 0 Å². The number of rotatable bonds is 13. The fourth-order valence-electron chi connectivity index (χ4n) is 4.21. The van der Waals surface area contributed by atoms with E-state index in [0.29, 0.717) is 5.75 Å². The highest BCUT2D eigenvalue weighted by atomic mass is 79.9. The van der Waals surface area contributed by atoms with Gasteiger partial charge >= 0.3 is 0 Å². The van der Waals surface area contributed by atoms with Gasteiger partial charge in [-0.15, -0.1) is 0 Å². The highest BCUT2D eigenvalue weighted by Crippen LogP contribution is 2.30. The number of amides is 2. The molecule has 3 aromatic carbocycles. The Hall–Kier alpha value is -3.37. The summed E-state index contributed by atoms with van der Waals surface area (Å²) >= 11 is 3.44. The molecular formula is C30H36BrN3O5S. The van der Waals surface area contributed by atoms with Crippen LogP contribution in [0.4, 0.5) is 5.69 Å². The van der Waals surface area contributed by atoms with Crippen molar-refractivity contribution in [2.24, 2.45) is 0 Å². The first-order valence-electron chi connectivity index (χ1n) is 13.0. The molecule has 0 heterocycles. The Morgan fingerprint density at radius 1 is 0.950 bits per heavy atom. The molecule has 0 bridgehead atoms. The van der Waals surface area contributed by atoms with Crippen molar-refractivity contribution in [3.63, 3.8) is 0 Å². The van der Waals surface area contributed by atoms with Crippen LogP contribution in [0.5, 0.6) is 5.75 Å². The highest BCUT2D eigenvalue weighted by Gasteiger charge is 2.34. The molecule has 0 spiro atoms. The summed E-state index contributed by atoms with van der Waals surface area (Å²) in [6.45, 7) is 3.49. The summed E-state index contributed by atoms with van der Waals surface area (Å²) in [7, 11) is -2.45. The lowest BCUT2D eigenvalue weighted by molar-refractivity contribution is -0.140. The third-order valence-electron chi connectivity index (χ3n) is 6.57. The summed E-state index contributed by atoms with van der Waals surface area (Å²) in [6.07, 6.45) is 2.03. The molecule has 0 aliphatic heterocycles. The smallest absolute Gasteiger partial charge is 0.244 e. The molecule has 8 nitrogen and oxygen atoms in total. The van der Waals surface area contributed by atoms with Crippen LogP contribution in [0, 0.1) is 0 Å². The van der Waals surface area contributed by atoms with Crippen molar-refractivity contribution >= 4 is 43.5 Å². The Labute approximate surface area is 245 Å². The van der Waals surface area contributed by atoms with Crippen LogP contribution in [-0.4, -0.2) is 57.1 Å². The summed E-state index contributed by atoms with van der Waals surface area (Å²) in [5.74, 6) is -0.498. The Morgan fingerprint density at radius 2 is 1.57 bits per heavy atom. The molecule has 0 fully saturated rings. The summed E-state index contributed by atoms with van der Waals surface area (Å²) in [5, 5.41) is 3.02. The van der Waals surface area contributed by atoms with Gasteiger partial charge in [0.15, 0.2) is 0 Å². The van der Waals surface area contributed by atoms with E-state index in [4.69, 9.17) is 4.74 Å². The molecule has 2 atom stereocenters. The molecule has 3 aromatic rings. The fourth-order valence-corrected chi connectivity index (χ4v) is 5.33. The van der Waals surface area contributed by atoms with Crippen molar-refractivity contribution in [3.05, 3.63) is 94.5 Å². The number of ether oxygens (including phenoxy) is 1. The number of nitrogens with one attached hydrogen (secondary N) is 1. The number of anilines is 1. The normalized spacial score (nSPS) is 12.7. The number of nitrogens with zero attached hydrogens (tertiary/aromatic N) is 2. The van der Waals surface area contributed by atoms with Gasteiger partial charge in [0.25, 0.3) is 0 Å². The van der Waals surface area contributed by atoms with E-state index in [9.17, 15) is 18.0 Å². The molecule has 0 aromatic heterocycles. The lowest BCUT2D eigenvalue weighted by Crippen LogP contribution is -2.54. The second-order valence-corrected chi connectivity index (χ2v) is 12.4. The lowest BCUT2D eigenvalue weighted by atomic mass is 10.0. The quantitative estimate of drug-likeness (QED) is 0.294. The third-order valence-corrected chi connectivity index (χ3v) is 8.23. The largest absolute Gasteiger partial charge is 0.495 e. The first-order valence-corrected chi connectivity index (χ1v) is 15.7. The summed E-state index contributed by atoms with van der Waals surface area (Å²) in [4.78, 5) is 29.3. The van der Waals surface area contributed by atoms with Crippen LogP contribution in [0.25, 0.3) is 0 Å². The first-order chi connectivity index (χ1) is 19.0. The second kappa shape index (κ2) is 14.3. The van der Waals surface area contributed by atoms with Gasteiger partial charge in [-0.05, 0) is 48.7 Å². The molecule has 0 radical (unpaired) electrons. The Balaban J connectivity index is 2.07. The van der Waals surface area contributed by atoms with Gasteiger partial charge in [-0.2, -0.15) is 0 Å². The number of halogens is 1. The van der Waals surface area contributed by atoms with Gasteiger partial charge in [0, 0.05) is 23.5 Å². The second-order valence-electron chi connectivity index (χ2n) is 9.61. The van der Waals surface area contributed by atoms with E-state index in [1.54, 1.807) is 24.3 Å². The molecule has 214 valence electrons. The summed E-state index contributed by atoms with van der Waals surface area (Å²) in [6, 6.07) is 22.6. The molecule has 0 aliphatic carbocycles. The number of sulfonamides is 1. The zero-order valence-electron chi connectivity index (χ0n) is 23.2. The van der Waals surface area contributed by atoms with Gasteiger partial charge in [0.2, 0.25) is 21.8 Å². The predicted molar refractivity (Wildman–Crippen MR) is 162 cm³/mol. The zero-order valence-corrected chi connectivity index (χ0v) is 25.6. The highest BCUT2D eigenvalue weighted by molar-refractivity contribution is 9.10. The van der Waals surface area contributed by atoms with E-state index in [-0.39, 0.29) is 30.6 Å². The van der Waals surface area contributed by atoms with Crippen LogP contribution >= 0.6 is 15.9 Å². The van der Waals surface area contributed by atoms with E-state index in [2.05, 4.69) is 21.2 Å². The minimum Gasteiger partial charge on any atom is -0.495 e. The van der Waals surface area contributed by atoms with Crippen molar-refractivity contribution in [2.75, 3.05) is 24.2 Å². The monoisotopic (exact) mass is 629 g/mol. The maximum atomic E-state index is 14.1. The minimum absolute atomic E-state index is 0.100. The number of para-hydroxylation sites is 2. The van der Waals surface area contributed by atoms with Gasteiger partial charge in [-0.1, -0.05) is 77.5 Å². The predicted octanol–water partition coefficient (Wildman–Crippen LogP) is 4.78. The van der Waals surface area contributed by atoms with Crippen LogP contribution < -0.4 is 14.4 Å². The Kier molecular flexibility index (Phi) is 11.2. The first kappa shape index (κ1) is 31.2. The van der Waals surface area contributed by atoms with Crippen molar-refractivity contribution in [3.8, 4) is 5.75 Å². The van der Waals surface area contributed by atoms with E-state index in [1.807, 2.05) is 68.4 Å². The maximum Gasteiger partial charge on any atom is 0.244 e. The molecular weight excluding hydrogens is 594 g/mol. The number of benzene rings is 3. The molecule has 0 saturated carbocycles. The van der Waals surface area contributed by atoms with E-state index < -0.39 is 28.5 Å². The van der Waals surface area contributed by atoms with Crippen LogP contribution in [-0.2, 0) is 32.6 Å². The lowest BCUT2D eigenvalue weighted by Gasteiger charge is -2.34. The van der Waals surface area contributed by atoms with E-state index in [0.717, 1.165) is 32.6 Å². The molecule has 3 rings (SSSR count). The number of carbonyl (C=O) groups is 2. The van der Waals surface area contributed by atoms with Gasteiger partial charge < -0.3 is 15.0 Å². The number of methoxy groups -OCH3 is 1. The van der Waals surface area contributed by atoms with Crippen LogP contribution in [0.3, 0.4) is 0 Å². The average molecular weight is 631 g/mol. The minimum atomic E-state index is -3.89. The number of carbonyl (C=O) groups excluding carboxylic acids is 2. The van der Waals surface area contributed by atoms with Crippen molar-refractivity contribution in [1.82, 2.24) is 10.2 Å². The molecule has 0 saturated heterocycles. The standard InChI is InChI=1S/C30H36BrN3O5S/c1-5-22(2)32-30(36)27(19-23-11-7-6-8-12-23)33(20-24-15-17-25(31)18-16-24)29(35)21-34(40(4,37)38)26-13-9-10-14-28(26)39-3/h6-18,22,27H,5,19-21H2,1-4H3,(H,32,36)/t22-,27-/m1/s1. The van der Waals surface area contributed by atoms with Gasteiger partial charge in [-0.25, -0.2) is 8.42 Å². The van der Waals surface area contributed by atoms with Crippen LogP contribution in [0.1, 0.15) is 31.4 Å². The van der Waals surface area contributed by atoms with Crippen LogP contribution in [0.2, 0.25) is 0 Å². The molecule has 2 amide bonds. The molecule has 10 heteroatoms. The molecule has 0 aliphatic rings. The molecule has 1 N–H and O–H groups in total. The molecule has 0 unspecified atom stereocenters. The Morgan fingerprint density at radius 3 is 2.17 bits per heavy atom. The maximum absolute atomic E-state index is 14.1. The van der Waals surface area contributed by atoms with Gasteiger partial charge in [0.05, 0.1) is 19.1 Å². The molecule has 40 heavy (non-hydrogen) atoms. The SMILES string of the molecule is CC[C@@H](C)NC(=O)[C@@H](Cc1ccccc1)N(Cc1ccc(Br)cc1)C(=O)CN(c1ccccc1OC)S(C)(=O)=O. The third kappa shape index (κ3) is 8.56. The van der Waals surface area contributed by atoms with Crippen molar-refractivity contribution in [1.29, 1.82) is 0 Å². The zero-order chi connectivity index (χ0) is 29.3. The number of hydrogen-bond acceptors (Lipinski definition) is 5. The van der Waals surface area contributed by atoms with Crippen molar-refractivity contribution < 1.29 is 22.7 Å². The summed E-state index contributed by atoms with van der Waals surface area (Å²) < 4.78 is 33.2. The summed E-state index contributed by atoms with van der Waals surface area (Å²) in [5.41, 5.74) is 1.92. The Bertz CT molecular complexity index is 1380. The topological polar surface area (TPSA) is 96.0 Å². The fraction of sp³-hybridized carbons (Fsp3) is 0.333. The van der Waals surface area contributed by atoms with E-state index in [1.165, 1.54) is 12.0 Å². The average Bonchev–Trinajstić information content (AvgIpc) is 2.94. The van der Waals surface area contributed by atoms with Gasteiger partial charge in [0.1, 0.15) is 18.3 Å². The number of hydrogen-bond donors (Lipinski definition) is 1. The van der Waals surface area contributed by atoms with Crippen LogP contribution in [0.15, 0.2) is 83.3 Å².